The fraction of sp³-hybridized carbons (Fsp3) is 0.400. The van der Waals surface area contributed by atoms with Gasteiger partial charge in [0.1, 0.15) is 5.69 Å². The first-order valence-corrected chi connectivity index (χ1v) is 3.96. The maximum atomic E-state index is 5.22. The number of hydrogen-bond donors (Lipinski definition) is 0. The van der Waals surface area contributed by atoms with E-state index in [4.69, 9.17) is 6.42 Å². The van der Waals surface area contributed by atoms with Crippen LogP contribution in [0, 0.1) is 19.3 Å². The number of rotatable bonds is 1. The molecule has 1 rings (SSSR count). The second-order valence-electron chi connectivity index (χ2n) is 3.07. The molecule has 0 spiro atoms. The molecule has 0 radical (unpaired) electrons. The van der Waals surface area contributed by atoms with Crippen LogP contribution in [0.25, 0.3) is 0 Å². The van der Waals surface area contributed by atoms with Crippen LogP contribution in [0.5, 0.6) is 0 Å². The van der Waals surface area contributed by atoms with Gasteiger partial charge >= 0.3 is 0 Å². The standard InChI is InChI=1S/C10H12N2/c1-5-9-6-10(7(2)3)8(4)11-12-9/h1,6-7H,2-4H3. The Bertz CT molecular complexity index is 321. The van der Waals surface area contributed by atoms with Crippen molar-refractivity contribution in [3.8, 4) is 12.3 Å². The minimum atomic E-state index is 0.451. The molecular formula is C10H12N2. The van der Waals surface area contributed by atoms with Crippen molar-refractivity contribution >= 4 is 0 Å². The van der Waals surface area contributed by atoms with Gasteiger partial charge in [0, 0.05) is 0 Å². The van der Waals surface area contributed by atoms with E-state index in [1.54, 1.807) is 0 Å². The maximum absolute atomic E-state index is 5.22. The van der Waals surface area contributed by atoms with Crippen LogP contribution in [0.2, 0.25) is 0 Å². The average molecular weight is 160 g/mol. The highest BCUT2D eigenvalue weighted by Gasteiger charge is 2.05. The van der Waals surface area contributed by atoms with Crippen molar-refractivity contribution in [1.82, 2.24) is 10.2 Å². The number of terminal acetylenes is 1. The van der Waals surface area contributed by atoms with Gasteiger partial charge in [0.2, 0.25) is 0 Å². The van der Waals surface area contributed by atoms with E-state index < -0.39 is 0 Å². The zero-order valence-corrected chi connectivity index (χ0v) is 7.63. The molecule has 62 valence electrons. The van der Waals surface area contributed by atoms with E-state index in [2.05, 4.69) is 30.0 Å². The normalized spacial score (nSPS) is 9.92. The molecule has 0 saturated carbocycles. The van der Waals surface area contributed by atoms with Crippen molar-refractivity contribution in [2.24, 2.45) is 0 Å². The van der Waals surface area contributed by atoms with E-state index >= 15 is 0 Å². The van der Waals surface area contributed by atoms with E-state index in [9.17, 15) is 0 Å². The molecular weight excluding hydrogens is 148 g/mol. The quantitative estimate of drug-likeness (QED) is 0.586. The monoisotopic (exact) mass is 160 g/mol. The predicted octanol–water partition coefficient (Wildman–Crippen LogP) is 1.89. The van der Waals surface area contributed by atoms with Crippen molar-refractivity contribution in [2.45, 2.75) is 26.7 Å². The first-order chi connectivity index (χ1) is 5.65. The summed E-state index contributed by atoms with van der Waals surface area (Å²) in [6.07, 6.45) is 5.22. The lowest BCUT2D eigenvalue weighted by Gasteiger charge is -2.07. The minimum absolute atomic E-state index is 0.451. The lowest BCUT2D eigenvalue weighted by molar-refractivity contribution is 0.816. The van der Waals surface area contributed by atoms with Gasteiger partial charge in [-0.1, -0.05) is 13.8 Å². The molecule has 1 aromatic rings. The lowest BCUT2D eigenvalue weighted by atomic mass is 10.0. The Balaban J connectivity index is 3.19. The highest BCUT2D eigenvalue weighted by atomic mass is 15.1. The van der Waals surface area contributed by atoms with Gasteiger partial charge in [-0.05, 0) is 30.4 Å². The second kappa shape index (κ2) is 3.36. The number of hydrogen-bond acceptors (Lipinski definition) is 2. The van der Waals surface area contributed by atoms with E-state index in [1.807, 2.05) is 13.0 Å². The average Bonchev–Trinajstić information content (AvgIpc) is 2.05. The second-order valence-corrected chi connectivity index (χ2v) is 3.07. The van der Waals surface area contributed by atoms with Crippen LogP contribution in [0.15, 0.2) is 6.07 Å². The van der Waals surface area contributed by atoms with Gasteiger partial charge in [-0.15, -0.1) is 11.5 Å². The van der Waals surface area contributed by atoms with Crippen LogP contribution >= 0.6 is 0 Å². The fourth-order valence-corrected chi connectivity index (χ4v) is 1.12. The molecule has 0 aromatic carbocycles. The molecule has 1 heterocycles. The molecule has 2 heteroatoms. The first kappa shape index (κ1) is 8.73. The van der Waals surface area contributed by atoms with Gasteiger partial charge in [-0.3, -0.25) is 0 Å². The maximum Gasteiger partial charge on any atom is 0.135 e. The largest absolute Gasteiger partial charge is 0.154 e. The third kappa shape index (κ3) is 1.62. The van der Waals surface area contributed by atoms with Gasteiger partial charge in [0.25, 0.3) is 0 Å². The Morgan fingerprint density at radius 1 is 1.42 bits per heavy atom. The molecule has 0 atom stereocenters. The molecule has 12 heavy (non-hydrogen) atoms. The molecule has 0 aliphatic heterocycles. The Kier molecular flexibility index (Phi) is 2.44. The first-order valence-electron chi connectivity index (χ1n) is 3.96. The molecule has 0 amide bonds. The highest BCUT2D eigenvalue weighted by Crippen LogP contribution is 2.16. The zero-order chi connectivity index (χ0) is 9.14. The lowest BCUT2D eigenvalue weighted by Crippen LogP contribution is -1.99. The van der Waals surface area contributed by atoms with Crippen molar-refractivity contribution in [3.63, 3.8) is 0 Å². The Morgan fingerprint density at radius 2 is 2.08 bits per heavy atom. The summed E-state index contributed by atoms with van der Waals surface area (Å²) in [7, 11) is 0. The summed E-state index contributed by atoms with van der Waals surface area (Å²) < 4.78 is 0. The topological polar surface area (TPSA) is 25.8 Å². The third-order valence-corrected chi connectivity index (χ3v) is 1.79. The van der Waals surface area contributed by atoms with Gasteiger partial charge in [0.05, 0.1) is 5.69 Å². The number of aryl methyl sites for hydroxylation is 1. The molecule has 0 fully saturated rings. The molecule has 0 unspecified atom stereocenters. The van der Waals surface area contributed by atoms with Gasteiger partial charge in [-0.2, -0.15) is 5.10 Å². The van der Waals surface area contributed by atoms with Crippen LogP contribution in [0.1, 0.15) is 36.7 Å². The highest BCUT2D eigenvalue weighted by molar-refractivity contribution is 5.31. The molecule has 0 aliphatic carbocycles. The van der Waals surface area contributed by atoms with Gasteiger partial charge < -0.3 is 0 Å². The summed E-state index contributed by atoms with van der Waals surface area (Å²) in [5.41, 5.74) is 2.76. The van der Waals surface area contributed by atoms with E-state index in [-0.39, 0.29) is 0 Å². The van der Waals surface area contributed by atoms with Crippen LogP contribution in [-0.2, 0) is 0 Å². The number of aromatic nitrogens is 2. The molecule has 1 aromatic heterocycles. The van der Waals surface area contributed by atoms with Crippen LogP contribution in [-0.4, -0.2) is 10.2 Å². The van der Waals surface area contributed by atoms with Gasteiger partial charge in [-0.25, -0.2) is 0 Å². The van der Waals surface area contributed by atoms with Crippen molar-refractivity contribution in [2.75, 3.05) is 0 Å². The van der Waals surface area contributed by atoms with Crippen molar-refractivity contribution in [1.29, 1.82) is 0 Å². The predicted molar refractivity (Wildman–Crippen MR) is 48.8 cm³/mol. The van der Waals surface area contributed by atoms with E-state index in [0.717, 1.165) is 5.69 Å². The molecule has 0 aliphatic rings. The molecule has 0 N–H and O–H groups in total. The minimum Gasteiger partial charge on any atom is -0.154 e. The molecule has 0 saturated heterocycles. The fourth-order valence-electron chi connectivity index (χ4n) is 1.12. The summed E-state index contributed by atoms with van der Waals surface area (Å²) in [5.74, 6) is 2.93. The SMILES string of the molecule is C#Cc1cc(C(C)C)c(C)nn1. The molecule has 0 bridgehead atoms. The van der Waals surface area contributed by atoms with Crippen LogP contribution in [0.4, 0.5) is 0 Å². The van der Waals surface area contributed by atoms with Crippen LogP contribution < -0.4 is 0 Å². The molecule has 2 nitrogen and oxygen atoms in total. The smallest absolute Gasteiger partial charge is 0.135 e. The van der Waals surface area contributed by atoms with Gasteiger partial charge in [0.15, 0.2) is 0 Å². The van der Waals surface area contributed by atoms with Crippen molar-refractivity contribution < 1.29 is 0 Å². The van der Waals surface area contributed by atoms with E-state index in [1.165, 1.54) is 5.56 Å². The number of nitrogens with zero attached hydrogens (tertiary/aromatic N) is 2. The van der Waals surface area contributed by atoms with E-state index in [0.29, 0.717) is 11.6 Å². The summed E-state index contributed by atoms with van der Waals surface area (Å²) >= 11 is 0. The Labute approximate surface area is 73.0 Å². The van der Waals surface area contributed by atoms with Crippen LogP contribution in [0.3, 0.4) is 0 Å². The summed E-state index contributed by atoms with van der Waals surface area (Å²) in [6, 6.07) is 1.92. The summed E-state index contributed by atoms with van der Waals surface area (Å²) in [5, 5.41) is 7.83. The summed E-state index contributed by atoms with van der Waals surface area (Å²) in [6.45, 7) is 6.18. The Hall–Kier alpha value is -1.36. The Morgan fingerprint density at radius 3 is 2.58 bits per heavy atom. The zero-order valence-electron chi connectivity index (χ0n) is 7.63. The summed E-state index contributed by atoms with van der Waals surface area (Å²) in [4.78, 5) is 0. The third-order valence-electron chi connectivity index (χ3n) is 1.79. The van der Waals surface area contributed by atoms with Crippen molar-refractivity contribution in [3.05, 3.63) is 23.0 Å².